The number of anilines is 2. The van der Waals surface area contributed by atoms with Gasteiger partial charge >= 0.3 is 0 Å². The number of sulfonamides is 2. The van der Waals surface area contributed by atoms with Crippen molar-refractivity contribution in [3.63, 3.8) is 0 Å². The molecule has 0 spiro atoms. The normalized spacial score (nSPS) is 12.9. The molecule has 0 aromatic heterocycles. The molecule has 1 unspecified atom stereocenters. The van der Waals surface area contributed by atoms with Crippen LogP contribution in [0.5, 0.6) is 0 Å². The molecule has 0 fully saturated rings. The maximum atomic E-state index is 14.0. The van der Waals surface area contributed by atoms with Gasteiger partial charge in [0.1, 0.15) is 16.8 Å². The fourth-order valence-corrected chi connectivity index (χ4v) is 5.03. The van der Waals surface area contributed by atoms with E-state index < -0.39 is 42.7 Å². The van der Waals surface area contributed by atoms with Crippen molar-refractivity contribution < 1.29 is 26.0 Å². The highest BCUT2D eigenvalue weighted by molar-refractivity contribution is 7.98. The van der Waals surface area contributed by atoms with Gasteiger partial charge in [0.15, 0.2) is 0 Å². The number of hydrogen-bond acceptors (Lipinski definition) is 6. The van der Waals surface area contributed by atoms with E-state index >= 15 is 0 Å². The Bertz CT molecular complexity index is 1150. The van der Waals surface area contributed by atoms with Crippen LogP contribution in [0.25, 0.3) is 0 Å². The SMILES string of the molecule is CSCCC(NS(=O)(=O)c1ccccc1F)C(=O)Nc1ccc(C)c(NS(C)(=O)=O)c1. The van der Waals surface area contributed by atoms with Gasteiger partial charge in [-0.3, -0.25) is 9.52 Å². The number of aryl methyl sites for hydroxylation is 1. The zero-order valence-corrected chi connectivity index (χ0v) is 19.6. The molecule has 0 aliphatic heterocycles. The van der Waals surface area contributed by atoms with Crippen LogP contribution in [0.2, 0.25) is 0 Å². The summed E-state index contributed by atoms with van der Waals surface area (Å²) in [7, 11) is -7.81. The Kier molecular flexibility index (Phi) is 8.46. The molecule has 8 nitrogen and oxygen atoms in total. The van der Waals surface area contributed by atoms with Gasteiger partial charge in [-0.2, -0.15) is 16.5 Å². The lowest BCUT2D eigenvalue weighted by atomic mass is 10.1. The first-order valence-electron chi connectivity index (χ1n) is 9.08. The van der Waals surface area contributed by atoms with Gasteiger partial charge in [-0.05, 0) is 55.2 Å². The topological polar surface area (TPSA) is 121 Å². The van der Waals surface area contributed by atoms with Gasteiger partial charge in [-0.15, -0.1) is 0 Å². The van der Waals surface area contributed by atoms with Gasteiger partial charge in [-0.25, -0.2) is 21.2 Å². The fraction of sp³-hybridized carbons (Fsp3) is 0.316. The molecule has 0 saturated heterocycles. The maximum absolute atomic E-state index is 14.0. The van der Waals surface area contributed by atoms with Crippen LogP contribution in [0.3, 0.4) is 0 Å². The van der Waals surface area contributed by atoms with Gasteiger partial charge in [0.2, 0.25) is 26.0 Å². The molecular weight excluding hydrogens is 465 g/mol. The molecule has 0 bridgehead atoms. The van der Waals surface area contributed by atoms with Crippen molar-refractivity contribution in [3.05, 3.63) is 53.8 Å². The van der Waals surface area contributed by atoms with Gasteiger partial charge in [0.25, 0.3) is 0 Å². The van der Waals surface area contributed by atoms with Crippen LogP contribution >= 0.6 is 11.8 Å². The number of hydrogen-bond donors (Lipinski definition) is 3. The number of benzene rings is 2. The first-order chi connectivity index (χ1) is 14.4. The molecule has 1 atom stereocenters. The highest BCUT2D eigenvalue weighted by Crippen LogP contribution is 2.22. The van der Waals surface area contributed by atoms with Crippen LogP contribution < -0.4 is 14.8 Å². The van der Waals surface area contributed by atoms with Crippen molar-refractivity contribution >= 4 is 49.1 Å². The third kappa shape index (κ3) is 7.49. The molecule has 31 heavy (non-hydrogen) atoms. The van der Waals surface area contributed by atoms with Crippen molar-refractivity contribution in [3.8, 4) is 0 Å². The van der Waals surface area contributed by atoms with Crippen molar-refractivity contribution in [1.29, 1.82) is 0 Å². The summed E-state index contributed by atoms with van der Waals surface area (Å²) in [6.45, 7) is 1.70. The van der Waals surface area contributed by atoms with Gasteiger partial charge < -0.3 is 5.32 Å². The smallest absolute Gasteiger partial charge is 0.244 e. The second kappa shape index (κ2) is 10.4. The number of rotatable bonds is 10. The molecule has 0 saturated carbocycles. The Morgan fingerprint density at radius 1 is 1.13 bits per heavy atom. The lowest BCUT2D eigenvalue weighted by Gasteiger charge is -2.19. The molecular formula is C19H24FN3O5S3. The summed E-state index contributed by atoms with van der Waals surface area (Å²) in [6, 6.07) is 8.35. The molecule has 2 aromatic carbocycles. The summed E-state index contributed by atoms with van der Waals surface area (Å²) < 4.78 is 66.9. The number of thioether (sulfide) groups is 1. The summed E-state index contributed by atoms with van der Waals surface area (Å²) in [5, 5.41) is 2.59. The van der Waals surface area contributed by atoms with Crippen LogP contribution in [0.1, 0.15) is 12.0 Å². The molecule has 2 aromatic rings. The van der Waals surface area contributed by atoms with Crippen molar-refractivity contribution in [2.75, 3.05) is 28.3 Å². The molecule has 3 N–H and O–H groups in total. The van der Waals surface area contributed by atoms with Crippen LogP contribution in [0.15, 0.2) is 47.4 Å². The van der Waals surface area contributed by atoms with Crippen LogP contribution in [-0.4, -0.2) is 47.0 Å². The third-order valence-corrected chi connectivity index (χ3v) is 6.89. The lowest BCUT2D eigenvalue weighted by Crippen LogP contribution is -2.44. The zero-order chi connectivity index (χ0) is 23.2. The van der Waals surface area contributed by atoms with Crippen LogP contribution in [0, 0.1) is 12.7 Å². The first kappa shape index (κ1) is 25.1. The Balaban J connectivity index is 2.26. The van der Waals surface area contributed by atoms with E-state index in [9.17, 15) is 26.0 Å². The highest BCUT2D eigenvalue weighted by atomic mass is 32.2. The minimum absolute atomic E-state index is 0.168. The van der Waals surface area contributed by atoms with Gasteiger partial charge in [0.05, 0.1) is 11.9 Å². The summed E-state index contributed by atoms with van der Waals surface area (Å²) in [6.07, 6.45) is 2.98. The van der Waals surface area contributed by atoms with Crippen molar-refractivity contribution in [2.45, 2.75) is 24.3 Å². The molecule has 0 aliphatic rings. The van der Waals surface area contributed by atoms with Gasteiger partial charge in [-0.1, -0.05) is 18.2 Å². The minimum Gasteiger partial charge on any atom is -0.325 e. The van der Waals surface area contributed by atoms with E-state index in [1.54, 1.807) is 19.1 Å². The summed E-state index contributed by atoms with van der Waals surface area (Å²) in [5.41, 5.74) is 1.21. The van der Waals surface area contributed by atoms with E-state index in [-0.39, 0.29) is 17.8 Å². The van der Waals surface area contributed by atoms with E-state index in [1.165, 1.54) is 30.0 Å². The standard InChI is InChI=1S/C19H24FN3O5S3/c1-13-8-9-14(12-17(13)22-30(3,25)26)21-19(24)16(10-11-29-2)23-31(27,28)18-7-5-4-6-15(18)20/h4-9,12,16,22-23H,10-11H2,1-3H3,(H,21,24). The summed E-state index contributed by atoms with van der Waals surface area (Å²) in [5.74, 6) is -1.09. The average Bonchev–Trinajstić information content (AvgIpc) is 2.66. The number of nitrogens with one attached hydrogen (secondary N) is 3. The summed E-state index contributed by atoms with van der Waals surface area (Å²) in [4.78, 5) is 12.3. The third-order valence-electron chi connectivity index (χ3n) is 4.15. The number of halogens is 1. The monoisotopic (exact) mass is 489 g/mol. The van der Waals surface area contributed by atoms with Crippen molar-refractivity contribution in [1.82, 2.24) is 4.72 Å². The Labute approximate surface area is 186 Å². The maximum Gasteiger partial charge on any atom is 0.244 e. The quantitative estimate of drug-likeness (QED) is 0.472. The molecule has 170 valence electrons. The number of amides is 1. The summed E-state index contributed by atoms with van der Waals surface area (Å²) >= 11 is 1.42. The fourth-order valence-electron chi connectivity index (χ4n) is 2.63. The highest BCUT2D eigenvalue weighted by Gasteiger charge is 2.27. The van der Waals surface area contributed by atoms with E-state index in [0.29, 0.717) is 11.3 Å². The molecule has 0 aliphatic carbocycles. The molecule has 2 rings (SSSR count). The molecule has 0 heterocycles. The lowest BCUT2D eigenvalue weighted by molar-refractivity contribution is -0.117. The minimum atomic E-state index is -4.28. The molecule has 0 radical (unpaired) electrons. The Morgan fingerprint density at radius 3 is 2.42 bits per heavy atom. The molecule has 12 heteroatoms. The van der Waals surface area contributed by atoms with Crippen LogP contribution in [-0.2, 0) is 24.8 Å². The van der Waals surface area contributed by atoms with E-state index in [2.05, 4.69) is 14.8 Å². The van der Waals surface area contributed by atoms with Crippen molar-refractivity contribution in [2.24, 2.45) is 0 Å². The Hall–Kier alpha value is -2.15. The Morgan fingerprint density at radius 2 is 1.81 bits per heavy atom. The second-order valence-corrected chi connectivity index (χ2v) is 11.2. The van der Waals surface area contributed by atoms with E-state index in [1.807, 2.05) is 6.26 Å². The van der Waals surface area contributed by atoms with Gasteiger partial charge in [0, 0.05) is 5.69 Å². The molecule has 1 amide bonds. The first-order valence-corrected chi connectivity index (χ1v) is 13.8. The number of carbonyl (C=O) groups is 1. The predicted octanol–water partition coefficient (Wildman–Crippen LogP) is 2.54. The second-order valence-electron chi connectivity index (χ2n) is 6.78. The number of carbonyl (C=O) groups excluding carboxylic acids is 1. The predicted molar refractivity (Wildman–Crippen MR) is 122 cm³/mol. The van der Waals surface area contributed by atoms with E-state index in [0.717, 1.165) is 18.4 Å². The zero-order valence-electron chi connectivity index (χ0n) is 17.2. The average molecular weight is 490 g/mol. The van der Waals surface area contributed by atoms with E-state index in [4.69, 9.17) is 0 Å². The van der Waals surface area contributed by atoms with Crippen LogP contribution in [0.4, 0.5) is 15.8 Å². The largest absolute Gasteiger partial charge is 0.325 e.